The second kappa shape index (κ2) is 7.11. The molecule has 0 atom stereocenters. The van der Waals surface area contributed by atoms with Gasteiger partial charge in [0.15, 0.2) is 11.6 Å². The van der Waals surface area contributed by atoms with Crippen molar-refractivity contribution in [2.45, 2.75) is 25.7 Å². The molecule has 0 saturated heterocycles. The van der Waals surface area contributed by atoms with Gasteiger partial charge in [0.25, 0.3) is 0 Å². The van der Waals surface area contributed by atoms with Crippen LogP contribution < -0.4 is 5.73 Å². The molecule has 0 amide bonds. The van der Waals surface area contributed by atoms with Crippen molar-refractivity contribution in [3.8, 4) is 0 Å². The Morgan fingerprint density at radius 1 is 0.840 bits per heavy atom. The third kappa shape index (κ3) is 3.53. The Hall–Kier alpha value is -1.97. The average Bonchev–Trinajstić information content (AvgIpc) is 3.12. The van der Waals surface area contributed by atoms with E-state index in [2.05, 4.69) is 36.7 Å². The van der Waals surface area contributed by atoms with Crippen LogP contribution in [0.2, 0.25) is 0 Å². The van der Waals surface area contributed by atoms with Crippen LogP contribution in [0.5, 0.6) is 0 Å². The molecule has 0 aromatic heterocycles. The molecule has 0 radical (unpaired) electrons. The van der Waals surface area contributed by atoms with Crippen LogP contribution in [0, 0.1) is 6.57 Å². The van der Waals surface area contributed by atoms with Gasteiger partial charge in [-0.2, -0.15) is 0 Å². The molecule has 4 rings (SSSR count). The Labute approximate surface area is 162 Å². The molecule has 25 heavy (non-hydrogen) atoms. The first kappa shape index (κ1) is 17.8. The molecule has 0 heterocycles. The van der Waals surface area contributed by atoms with E-state index < -0.39 is 0 Å². The number of carbonyl (C=O) groups excluding carboxylic acids is 2. The Morgan fingerprint density at radius 3 is 1.92 bits per heavy atom. The van der Waals surface area contributed by atoms with Gasteiger partial charge in [-0.1, -0.05) is 22.0 Å². The number of nitrogens with zero attached hydrogens (tertiary/aromatic N) is 1. The molecule has 6 heteroatoms. The second-order valence-electron chi connectivity index (χ2n) is 5.95. The molecular weight excluding hydrogens is 448 g/mol. The summed E-state index contributed by atoms with van der Waals surface area (Å²) in [6.45, 7) is 6.90. The zero-order chi connectivity index (χ0) is 18.1. The van der Waals surface area contributed by atoms with Crippen molar-refractivity contribution < 1.29 is 9.59 Å². The Bertz CT molecular complexity index is 945. The monoisotopic (exact) mass is 460 g/mol. The topological polar surface area (TPSA) is 64.5 Å². The zero-order valence-corrected chi connectivity index (χ0v) is 16.4. The number of anilines is 1. The number of halogens is 2. The van der Waals surface area contributed by atoms with Gasteiger partial charge in [0.05, 0.1) is 6.57 Å². The van der Waals surface area contributed by atoms with Gasteiger partial charge in [-0.3, -0.25) is 9.59 Å². The Balaban J connectivity index is 0.000000146. The number of aryl methyl sites for hydroxylation is 2. The molecule has 0 bridgehead atoms. The van der Waals surface area contributed by atoms with E-state index in [4.69, 9.17) is 12.3 Å². The van der Waals surface area contributed by atoms with E-state index in [1.54, 1.807) is 12.1 Å². The van der Waals surface area contributed by atoms with Gasteiger partial charge in [-0.15, -0.1) is 0 Å². The number of benzene rings is 2. The molecule has 4 nitrogen and oxygen atoms in total. The molecule has 0 fully saturated rings. The lowest BCUT2D eigenvalue weighted by molar-refractivity contribution is 0.0986. The molecule has 2 aliphatic rings. The molecule has 0 aliphatic heterocycles. The minimum atomic E-state index is 0.160. The lowest BCUT2D eigenvalue weighted by atomic mass is 10.1. The van der Waals surface area contributed by atoms with Crippen molar-refractivity contribution in [3.63, 3.8) is 0 Å². The minimum absolute atomic E-state index is 0.160. The third-order valence-corrected chi connectivity index (χ3v) is 5.68. The van der Waals surface area contributed by atoms with Crippen LogP contribution >= 0.6 is 31.9 Å². The van der Waals surface area contributed by atoms with Gasteiger partial charge in [-0.05, 0) is 58.1 Å². The van der Waals surface area contributed by atoms with E-state index >= 15 is 0 Å². The summed E-state index contributed by atoms with van der Waals surface area (Å²) in [5.74, 6) is 0.372. The molecular formula is C19H14Br2N2O2. The molecule has 0 saturated carbocycles. The molecule has 0 spiro atoms. The van der Waals surface area contributed by atoms with Gasteiger partial charge < -0.3 is 5.73 Å². The highest BCUT2D eigenvalue weighted by atomic mass is 79.9. The van der Waals surface area contributed by atoms with E-state index in [0.717, 1.165) is 44.0 Å². The van der Waals surface area contributed by atoms with E-state index in [0.29, 0.717) is 24.2 Å². The maximum absolute atomic E-state index is 11.3. The van der Waals surface area contributed by atoms with Crippen molar-refractivity contribution in [2.75, 3.05) is 5.73 Å². The summed E-state index contributed by atoms with van der Waals surface area (Å²) in [7, 11) is 0. The molecule has 2 aliphatic carbocycles. The van der Waals surface area contributed by atoms with Gasteiger partial charge in [-0.25, -0.2) is 4.85 Å². The standard InChI is InChI=1S/C10H6BrNO.C9H8BrNO/c1-12-9-5-7-6(4-8(9)11)2-3-10(7)13;10-7-3-5-1-2-9(12)6(5)4-8(7)11/h4-5H,2-3H2;3-4H,1-2,11H2. The Kier molecular flexibility index (Phi) is 5.07. The number of nitrogen functional groups attached to an aromatic ring is 1. The summed E-state index contributed by atoms with van der Waals surface area (Å²) in [5.41, 5.74) is 10.5. The summed E-state index contributed by atoms with van der Waals surface area (Å²) in [6, 6.07) is 7.26. The van der Waals surface area contributed by atoms with E-state index in [-0.39, 0.29) is 11.6 Å². The Morgan fingerprint density at radius 2 is 1.36 bits per heavy atom. The largest absolute Gasteiger partial charge is 0.398 e. The highest BCUT2D eigenvalue weighted by Gasteiger charge is 2.21. The third-order valence-electron chi connectivity index (χ3n) is 4.36. The van der Waals surface area contributed by atoms with E-state index in [1.165, 1.54) is 0 Å². The molecule has 2 aromatic carbocycles. The number of nitrogens with two attached hydrogens (primary N) is 1. The first-order valence-corrected chi connectivity index (χ1v) is 9.33. The van der Waals surface area contributed by atoms with Crippen LogP contribution in [0.25, 0.3) is 4.85 Å². The van der Waals surface area contributed by atoms with Gasteiger partial charge in [0, 0.05) is 38.6 Å². The van der Waals surface area contributed by atoms with E-state index in [9.17, 15) is 9.59 Å². The van der Waals surface area contributed by atoms with Crippen molar-refractivity contribution in [2.24, 2.45) is 0 Å². The smallest absolute Gasteiger partial charge is 0.201 e. The van der Waals surface area contributed by atoms with Crippen LogP contribution in [0.1, 0.15) is 44.7 Å². The lowest BCUT2D eigenvalue weighted by Gasteiger charge is -2.01. The van der Waals surface area contributed by atoms with Crippen LogP contribution in [0.3, 0.4) is 0 Å². The number of Topliss-reactive ketones (excluding diaryl/α,β-unsaturated/α-hetero) is 2. The predicted molar refractivity (Wildman–Crippen MR) is 104 cm³/mol. The molecule has 2 aromatic rings. The van der Waals surface area contributed by atoms with Crippen LogP contribution in [-0.2, 0) is 12.8 Å². The molecule has 126 valence electrons. The molecule has 2 N–H and O–H groups in total. The quantitative estimate of drug-likeness (QED) is 0.428. The first-order chi connectivity index (χ1) is 11.9. The summed E-state index contributed by atoms with van der Waals surface area (Å²) >= 11 is 6.64. The highest BCUT2D eigenvalue weighted by Crippen LogP contribution is 2.33. The van der Waals surface area contributed by atoms with Crippen molar-refractivity contribution in [1.29, 1.82) is 0 Å². The van der Waals surface area contributed by atoms with Gasteiger partial charge >= 0.3 is 0 Å². The fraction of sp³-hybridized carbons (Fsp3) is 0.211. The maximum atomic E-state index is 11.3. The predicted octanol–water partition coefficient (Wildman–Crippen LogP) is 5.29. The number of hydrogen-bond acceptors (Lipinski definition) is 3. The first-order valence-electron chi connectivity index (χ1n) is 7.75. The van der Waals surface area contributed by atoms with Gasteiger partial charge in [0.1, 0.15) is 0 Å². The van der Waals surface area contributed by atoms with Crippen molar-refractivity contribution in [3.05, 3.63) is 66.9 Å². The van der Waals surface area contributed by atoms with Gasteiger partial charge in [0.2, 0.25) is 5.69 Å². The maximum Gasteiger partial charge on any atom is 0.201 e. The number of rotatable bonds is 0. The van der Waals surface area contributed by atoms with Crippen LogP contribution in [0.4, 0.5) is 11.4 Å². The fourth-order valence-electron chi connectivity index (χ4n) is 3.02. The molecule has 0 unspecified atom stereocenters. The number of hydrogen-bond donors (Lipinski definition) is 1. The summed E-state index contributed by atoms with van der Waals surface area (Å²) < 4.78 is 1.67. The number of fused-ring (bicyclic) bond motifs is 2. The second-order valence-corrected chi connectivity index (χ2v) is 7.66. The highest BCUT2D eigenvalue weighted by molar-refractivity contribution is 9.11. The van der Waals surface area contributed by atoms with Crippen LogP contribution in [0.15, 0.2) is 33.2 Å². The SMILES string of the molecule is Nc1cc2c(cc1Br)CCC2=O.[C-]#[N+]c1cc2c(cc1Br)CCC2=O. The van der Waals surface area contributed by atoms with E-state index in [1.807, 2.05) is 12.1 Å². The van der Waals surface area contributed by atoms with Crippen molar-refractivity contribution >= 4 is 54.8 Å². The van der Waals surface area contributed by atoms with Crippen LogP contribution in [-0.4, -0.2) is 11.6 Å². The normalized spacial score (nSPS) is 14.4. The number of carbonyl (C=O) groups is 2. The summed E-state index contributed by atoms with van der Waals surface area (Å²) in [4.78, 5) is 25.9. The summed E-state index contributed by atoms with van der Waals surface area (Å²) in [6.07, 6.45) is 2.88. The number of ketones is 2. The fourth-order valence-corrected chi connectivity index (χ4v) is 3.89. The van der Waals surface area contributed by atoms with Crippen molar-refractivity contribution in [1.82, 2.24) is 0 Å². The minimum Gasteiger partial charge on any atom is -0.398 e. The summed E-state index contributed by atoms with van der Waals surface area (Å²) in [5, 5.41) is 0. The average molecular weight is 462 g/mol. The zero-order valence-electron chi connectivity index (χ0n) is 13.2. The lowest BCUT2D eigenvalue weighted by Crippen LogP contribution is -1.94.